The van der Waals surface area contributed by atoms with Crippen LogP contribution in [0.3, 0.4) is 0 Å². The second kappa shape index (κ2) is 7.53. The molecule has 0 atom stereocenters. The molecule has 3 rings (SSSR count). The Kier molecular flexibility index (Phi) is 5.50. The molecule has 0 bridgehead atoms. The van der Waals surface area contributed by atoms with E-state index in [0.717, 1.165) is 0 Å². The lowest BCUT2D eigenvalue weighted by Crippen LogP contribution is -2.21. The smallest absolute Gasteiger partial charge is 0.294 e. The lowest BCUT2D eigenvalue weighted by Gasteiger charge is -2.16. The fourth-order valence-corrected chi connectivity index (χ4v) is 2.92. The number of ether oxygens (including phenoxy) is 1. The van der Waals surface area contributed by atoms with E-state index >= 15 is 0 Å². The maximum Gasteiger partial charge on any atom is 0.294 e. The van der Waals surface area contributed by atoms with Crippen LogP contribution in [0.15, 0.2) is 45.8 Å². The quantitative estimate of drug-likeness (QED) is 0.516. The molecule has 1 aromatic carbocycles. The highest BCUT2D eigenvalue weighted by Crippen LogP contribution is 2.36. The Morgan fingerprint density at radius 2 is 1.96 bits per heavy atom. The molecule has 0 aliphatic carbocycles. The van der Waals surface area contributed by atoms with Crippen LogP contribution in [0.25, 0.3) is 11.5 Å². The topological polar surface area (TPSA) is 67.9 Å². The van der Waals surface area contributed by atoms with Gasteiger partial charge in [-0.3, -0.25) is 9.78 Å². The molecule has 0 unspecified atom stereocenters. The van der Waals surface area contributed by atoms with Gasteiger partial charge in [0.25, 0.3) is 11.5 Å². The molecule has 5 nitrogen and oxygen atoms in total. The van der Waals surface area contributed by atoms with Crippen LogP contribution in [0.5, 0.6) is 11.5 Å². The highest BCUT2D eigenvalue weighted by atomic mass is 79.9. The molecule has 0 aliphatic heterocycles. The van der Waals surface area contributed by atoms with Gasteiger partial charge in [-0.2, -0.15) is 8.78 Å². The van der Waals surface area contributed by atoms with Gasteiger partial charge in [0.15, 0.2) is 11.5 Å². The maximum atomic E-state index is 14.2. The number of halogens is 5. The Labute approximate surface area is 170 Å². The molecule has 1 N–H and O–H groups in total. The van der Waals surface area contributed by atoms with Crippen molar-refractivity contribution < 1.29 is 13.5 Å². The van der Waals surface area contributed by atoms with Gasteiger partial charge in [0.2, 0.25) is 5.75 Å². The summed E-state index contributed by atoms with van der Waals surface area (Å²) < 4.78 is 34.2. The minimum Gasteiger partial charge on any atom is -0.449 e. The van der Waals surface area contributed by atoms with Crippen molar-refractivity contribution in [2.45, 2.75) is 12.8 Å². The molecule has 0 saturated carbocycles. The molecule has 0 spiro atoms. The third-order valence-electron chi connectivity index (χ3n) is 3.39. The summed E-state index contributed by atoms with van der Waals surface area (Å²) in [5.41, 5.74) is -1.51. The van der Waals surface area contributed by atoms with Gasteiger partial charge < -0.3 is 9.72 Å². The summed E-state index contributed by atoms with van der Waals surface area (Å²) in [7, 11) is 0. The average Bonchev–Trinajstić information content (AvgIpc) is 2.59. The largest absolute Gasteiger partial charge is 0.449 e. The number of pyridine rings is 1. The number of aromatic amines is 1. The molecular formula is C17H10BrCl2F2N3O2. The lowest BCUT2D eigenvalue weighted by atomic mass is 10.2. The third kappa shape index (κ3) is 4.28. The molecule has 0 saturated heterocycles. The van der Waals surface area contributed by atoms with Crippen LogP contribution in [0.2, 0.25) is 10.0 Å². The molecule has 0 aliphatic rings. The van der Waals surface area contributed by atoms with E-state index in [0.29, 0.717) is 11.4 Å². The standard InChI is InChI=1S/C17H10BrCl2F2N3O2/c1-17(21,22)14-13(27-8-4-5-10(19)11(20)7-8)16(26)25-15(24-14)12-9(18)3-2-6-23-12/h2-7H,1H3,(H,24,25,26). The molecule has 0 amide bonds. The Balaban J connectivity index is 2.15. The molecule has 2 aromatic heterocycles. The Hall–Kier alpha value is -2.03. The van der Waals surface area contributed by atoms with Crippen molar-refractivity contribution in [3.05, 3.63) is 67.1 Å². The van der Waals surface area contributed by atoms with Crippen LogP contribution in [0.1, 0.15) is 12.6 Å². The SMILES string of the molecule is CC(F)(F)c1nc(-c2ncccc2Br)[nH]c(=O)c1Oc1ccc(Cl)c(Cl)c1. The summed E-state index contributed by atoms with van der Waals surface area (Å²) in [5.74, 6) is -4.15. The zero-order chi connectivity index (χ0) is 19.8. The summed E-state index contributed by atoms with van der Waals surface area (Å²) in [4.78, 5) is 22.8. The van der Waals surface area contributed by atoms with Crippen molar-refractivity contribution in [1.82, 2.24) is 15.0 Å². The van der Waals surface area contributed by atoms with Crippen molar-refractivity contribution in [2.24, 2.45) is 0 Å². The highest BCUT2D eigenvalue weighted by molar-refractivity contribution is 9.10. The second-order valence-electron chi connectivity index (χ2n) is 5.49. The van der Waals surface area contributed by atoms with E-state index in [9.17, 15) is 13.6 Å². The van der Waals surface area contributed by atoms with Crippen molar-refractivity contribution in [2.75, 3.05) is 0 Å². The van der Waals surface area contributed by atoms with E-state index in [1.165, 1.54) is 24.4 Å². The lowest BCUT2D eigenvalue weighted by molar-refractivity contribution is 0.0104. The number of H-pyrrole nitrogens is 1. The van der Waals surface area contributed by atoms with E-state index in [1.807, 2.05) is 0 Å². The van der Waals surface area contributed by atoms with Gasteiger partial charge in [0.05, 0.1) is 10.0 Å². The summed E-state index contributed by atoms with van der Waals surface area (Å²) in [5, 5.41) is 0.407. The van der Waals surface area contributed by atoms with E-state index < -0.39 is 22.9 Å². The van der Waals surface area contributed by atoms with Crippen molar-refractivity contribution in [3.63, 3.8) is 0 Å². The monoisotopic (exact) mass is 475 g/mol. The Bertz CT molecular complexity index is 1070. The first kappa shape index (κ1) is 19.7. The minimum atomic E-state index is -3.45. The summed E-state index contributed by atoms with van der Waals surface area (Å²) >= 11 is 15.0. The summed E-state index contributed by atoms with van der Waals surface area (Å²) in [6.07, 6.45) is 1.45. The fourth-order valence-electron chi connectivity index (χ4n) is 2.18. The van der Waals surface area contributed by atoms with Crippen molar-refractivity contribution in [3.8, 4) is 23.0 Å². The van der Waals surface area contributed by atoms with Crippen LogP contribution in [-0.4, -0.2) is 15.0 Å². The van der Waals surface area contributed by atoms with E-state index in [-0.39, 0.29) is 27.3 Å². The van der Waals surface area contributed by atoms with Gasteiger partial charge in [0.1, 0.15) is 11.4 Å². The van der Waals surface area contributed by atoms with E-state index in [2.05, 4.69) is 30.9 Å². The molecular weight excluding hydrogens is 467 g/mol. The number of benzene rings is 1. The van der Waals surface area contributed by atoms with E-state index in [4.69, 9.17) is 27.9 Å². The normalized spacial score (nSPS) is 11.5. The number of nitrogens with zero attached hydrogens (tertiary/aromatic N) is 2. The first-order valence-electron chi connectivity index (χ1n) is 7.43. The van der Waals surface area contributed by atoms with Crippen LogP contribution in [0.4, 0.5) is 8.78 Å². The molecule has 0 fully saturated rings. The number of hydrogen-bond acceptors (Lipinski definition) is 4. The summed E-state index contributed by atoms with van der Waals surface area (Å²) in [6.45, 7) is 0.619. The van der Waals surface area contributed by atoms with Gasteiger partial charge in [-0.1, -0.05) is 23.2 Å². The van der Waals surface area contributed by atoms with Gasteiger partial charge in [-0.05, 0) is 40.2 Å². The zero-order valence-electron chi connectivity index (χ0n) is 13.6. The van der Waals surface area contributed by atoms with Gasteiger partial charge in [-0.25, -0.2) is 4.98 Å². The van der Waals surface area contributed by atoms with Gasteiger partial charge >= 0.3 is 0 Å². The third-order valence-corrected chi connectivity index (χ3v) is 4.77. The van der Waals surface area contributed by atoms with Crippen LogP contribution in [0, 0.1) is 0 Å². The van der Waals surface area contributed by atoms with Gasteiger partial charge in [-0.15, -0.1) is 0 Å². The number of nitrogens with one attached hydrogen (secondary N) is 1. The van der Waals surface area contributed by atoms with Crippen LogP contribution >= 0.6 is 39.1 Å². The second-order valence-corrected chi connectivity index (χ2v) is 7.16. The first-order valence-corrected chi connectivity index (χ1v) is 8.98. The fraction of sp³-hybridized carbons (Fsp3) is 0.118. The molecule has 3 aromatic rings. The van der Waals surface area contributed by atoms with Crippen molar-refractivity contribution >= 4 is 39.1 Å². The van der Waals surface area contributed by atoms with Gasteiger partial charge in [0, 0.05) is 23.7 Å². The first-order chi connectivity index (χ1) is 12.7. The minimum absolute atomic E-state index is 0.0639. The maximum absolute atomic E-state index is 14.2. The molecule has 2 heterocycles. The Morgan fingerprint density at radius 3 is 2.59 bits per heavy atom. The predicted octanol–water partition coefficient (Wildman–Crippen LogP) is 5.81. The number of hydrogen-bond donors (Lipinski definition) is 1. The molecule has 10 heteroatoms. The van der Waals surface area contributed by atoms with Crippen molar-refractivity contribution in [1.29, 1.82) is 0 Å². The summed E-state index contributed by atoms with van der Waals surface area (Å²) in [6, 6.07) is 7.41. The number of rotatable bonds is 4. The molecule has 140 valence electrons. The number of aromatic nitrogens is 3. The Morgan fingerprint density at radius 1 is 1.22 bits per heavy atom. The molecule has 27 heavy (non-hydrogen) atoms. The zero-order valence-corrected chi connectivity index (χ0v) is 16.7. The van der Waals surface area contributed by atoms with Crippen LogP contribution in [-0.2, 0) is 5.92 Å². The number of alkyl halides is 2. The molecule has 0 radical (unpaired) electrons. The average molecular weight is 477 g/mol. The predicted molar refractivity (Wildman–Crippen MR) is 102 cm³/mol. The van der Waals surface area contributed by atoms with E-state index in [1.54, 1.807) is 12.1 Å². The van der Waals surface area contributed by atoms with Crippen LogP contribution < -0.4 is 10.3 Å². The highest BCUT2D eigenvalue weighted by Gasteiger charge is 2.34.